The number of nitrogens with two attached hydrogens (primary N) is 3. The van der Waals surface area contributed by atoms with Crippen molar-refractivity contribution in [1.82, 2.24) is 14.9 Å². The van der Waals surface area contributed by atoms with Crippen LogP contribution in [-0.4, -0.2) is 35.5 Å². The lowest BCUT2D eigenvalue weighted by atomic mass is 10.1. The first-order chi connectivity index (χ1) is 16.9. The van der Waals surface area contributed by atoms with Gasteiger partial charge >= 0.3 is 0 Å². The number of anilines is 2. The average Bonchev–Trinajstić information content (AvgIpc) is 2.80. The SMILES string of the molecule is CC(C)CS(=O)(=O)c1cc(N)cc(-c2cnc(N)c(=O)n2CC(=O)NCc2ccc(C(=N)N)cc2)c1. The van der Waals surface area contributed by atoms with Gasteiger partial charge in [0.05, 0.1) is 22.5 Å². The number of sulfone groups is 1. The standard InChI is InChI=1S/C24H29N7O4S/c1-14(2)13-36(34,35)19-8-17(7-18(25)9-19)20-11-30-23(28)24(33)31(20)12-21(32)29-10-15-3-5-16(6-4-15)22(26)27/h3-9,11,14H,10,12-13,25H2,1-2H3,(H3,26,27)(H2,28,30)(H,29,32). The predicted octanol–water partition coefficient (Wildman–Crippen LogP) is 1.10. The Morgan fingerprint density at radius 1 is 1.14 bits per heavy atom. The zero-order chi connectivity index (χ0) is 26.6. The Hall–Kier alpha value is -4.19. The molecule has 8 N–H and O–H groups in total. The third-order valence-corrected chi connectivity index (χ3v) is 7.33. The summed E-state index contributed by atoms with van der Waals surface area (Å²) in [7, 11) is -3.63. The van der Waals surface area contributed by atoms with Gasteiger partial charge in [-0.1, -0.05) is 38.1 Å². The molecule has 0 unspecified atom stereocenters. The Kier molecular flexibility index (Phi) is 7.78. The number of amides is 1. The third kappa shape index (κ3) is 6.27. The van der Waals surface area contributed by atoms with E-state index in [4.69, 9.17) is 22.6 Å². The van der Waals surface area contributed by atoms with E-state index in [-0.39, 0.29) is 52.7 Å². The van der Waals surface area contributed by atoms with Crippen molar-refractivity contribution in [1.29, 1.82) is 5.41 Å². The minimum atomic E-state index is -3.63. The molecule has 0 aliphatic rings. The smallest absolute Gasteiger partial charge is 0.294 e. The molecule has 3 rings (SSSR count). The minimum Gasteiger partial charge on any atom is -0.399 e. The van der Waals surface area contributed by atoms with E-state index in [1.165, 1.54) is 24.4 Å². The summed E-state index contributed by atoms with van der Waals surface area (Å²) in [5.74, 6) is -1.01. The number of aromatic nitrogens is 2. The van der Waals surface area contributed by atoms with Gasteiger partial charge in [-0.25, -0.2) is 13.4 Å². The Balaban J connectivity index is 1.91. The van der Waals surface area contributed by atoms with Gasteiger partial charge in [0.25, 0.3) is 5.56 Å². The lowest BCUT2D eigenvalue weighted by molar-refractivity contribution is -0.121. The fraction of sp³-hybridized carbons (Fsp3) is 0.250. The summed E-state index contributed by atoms with van der Waals surface area (Å²) in [6.45, 7) is 3.39. The molecule has 0 saturated heterocycles. The van der Waals surface area contributed by atoms with Crippen molar-refractivity contribution in [3.05, 3.63) is 70.1 Å². The van der Waals surface area contributed by atoms with Crippen LogP contribution in [0.5, 0.6) is 0 Å². The van der Waals surface area contributed by atoms with Crippen molar-refractivity contribution < 1.29 is 13.2 Å². The van der Waals surface area contributed by atoms with Crippen molar-refractivity contribution in [3.8, 4) is 11.3 Å². The molecule has 3 aromatic rings. The zero-order valence-electron chi connectivity index (χ0n) is 20.0. The van der Waals surface area contributed by atoms with Crippen molar-refractivity contribution in [3.63, 3.8) is 0 Å². The van der Waals surface area contributed by atoms with E-state index in [1.807, 2.05) is 0 Å². The summed E-state index contributed by atoms with van der Waals surface area (Å²) in [6.07, 6.45) is 1.30. The van der Waals surface area contributed by atoms with Crippen LogP contribution in [0.3, 0.4) is 0 Å². The van der Waals surface area contributed by atoms with Crippen molar-refractivity contribution >= 4 is 33.1 Å². The van der Waals surface area contributed by atoms with E-state index in [0.29, 0.717) is 11.1 Å². The topological polar surface area (TPSA) is 200 Å². The van der Waals surface area contributed by atoms with Gasteiger partial charge < -0.3 is 22.5 Å². The first kappa shape index (κ1) is 26.4. The van der Waals surface area contributed by atoms with Crippen LogP contribution in [0.2, 0.25) is 0 Å². The number of nitrogen functional groups attached to an aromatic ring is 3. The Morgan fingerprint density at radius 3 is 2.42 bits per heavy atom. The van der Waals surface area contributed by atoms with Crippen LogP contribution >= 0.6 is 0 Å². The molecular weight excluding hydrogens is 482 g/mol. The molecule has 0 saturated carbocycles. The molecule has 1 amide bonds. The van der Waals surface area contributed by atoms with Gasteiger partial charge in [0.2, 0.25) is 5.91 Å². The zero-order valence-corrected chi connectivity index (χ0v) is 20.8. The third-order valence-electron chi connectivity index (χ3n) is 5.27. The Morgan fingerprint density at radius 2 is 1.81 bits per heavy atom. The van der Waals surface area contributed by atoms with Crippen LogP contribution in [0.15, 0.2) is 58.4 Å². The fourth-order valence-electron chi connectivity index (χ4n) is 3.58. The number of nitrogens with zero attached hydrogens (tertiary/aromatic N) is 2. The maximum Gasteiger partial charge on any atom is 0.294 e. The second-order valence-corrected chi connectivity index (χ2v) is 10.8. The summed E-state index contributed by atoms with van der Waals surface area (Å²) in [5.41, 5.74) is 18.5. The number of hydrogen-bond acceptors (Lipinski definition) is 8. The highest BCUT2D eigenvalue weighted by Crippen LogP contribution is 2.26. The van der Waals surface area contributed by atoms with Crippen molar-refractivity contribution in [2.45, 2.75) is 31.8 Å². The quantitative estimate of drug-likeness (QED) is 0.160. The molecule has 12 heteroatoms. The molecule has 1 heterocycles. The molecule has 0 fully saturated rings. The number of rotatable bonds is 9. The highest BCUT2D eigenvalue weighted by atomic mass is 32.2. The number of nitrogens with one attached hydrogen (secondary N) is 2. The molecule has 0 atom stereocenters. The molecule has 2 aromatic carbocycles. The van der Waals surface area contributed by atoms with E-state index in [2.05, 4.69) is 10.3 Å². The summed E-state index contributed by atoms with van der Waals surface area (Å²) < 4.78 is 26.7. The Labute approximate surface area is 208 Å². The number of benzene rings is 2. The maximum atomic E-state index is 12.8. The monoisotopic (exact) mass is 511 g/mol. The second-order valence-electron chi connectivity index (χ2n) is 8.77. The van der Waals surface area contributed by atoms with Gasteiger partial charge in [-0.05, 0) is 29.7 Å². The molecule has 0 bridgehead atoms. The second kappa shape index (κ2) is 10.6. The first-order valence-electron chi connectivity index (χ1n) is 11.1. The molecule has 11 nitrogen and oxygen atoms in total. The lowest BCUT2D eigenvalue weighted by Gasteiger charge is -2.15. The van der Waals surface area contributed by atoms with E-state index >= 15 is 0 Å². The summed E-state index contributed by atoms with van der Waals surface area (Å²) in [4.78, 5) is 29.4. The highest BCUT2D eigenvalue weighted by Gasteiger charge is 2.20. The van der Waals surface area contributed by atoms with Crippen LogP contribution in [-0.2, 0) is 27.7 Å². The largest absolute Gasteiger partial charge is 0.399 e. The molecular formula is C24H29N7O4S. The number of amidine groups is 1. The van der Waals surface area contributed by atoms with E-state index in [0.717, 1.165) is 10.1 Å². The maximum absolute atomic E-state index is 12.8. The minimum absolute atomic E-state index is 0.0143. The molecule has 0 aliphatic carbocycles. The van der Waals surface area contributed by atoms with Gasteiger partial charge in [0, 0.05) is 23.4 Å². The van der Waals surface area contributed by atoms with Crippen LogP contribution < -0.4 is 28.1 Å². The van der Waals surface area contributed by atoms with E-state index in [1.54, 1.807) is 38.1 Å². The van der Waals surface area contributed by atoms with Crippen LogP contribution in [0.25, 0.3) is 11.3 Å². The van der Waals surface area contributed by atoms with Crippen molar-refractivity contribution in [2.24, 2.45) is 11.7 Å². The van der Waals surface area contributed by atoms with Crippen LogP contribution in [0.1, 0.15) is 25.0 Å². The van der Waals surface area contributed by atoms with E-state index < -0.39 is 21.3 Å². The predicted molar refractivity (Wildman–Crippen MR) is 139 cm³/mol. The van der Waals surface area contributed by atoms with Crippen LogP contribution in [0.4, 0.5) is 11.5 Å². The van der Waals surface area contributed by atoms with Gasteiger partial charge in [-0.15, -0.1) is 0 Å². The number of carbonyl (C=O) groups excluding carboxylic acids is 1. The summed E-state index contributed by atoms with van der Waals surface area (Å²) in [5, 5.41) is 10.2. The van der Waals surface area contributed by atoms with Gasteiger partial charge in [0.15, 0.2) is 15.7 Å². The number of hydrogen-bond donors (Lipinski definition) is 5. The van der Waals surface area contributed by atoms with Gasteiger partial charge in [-0.3, -0.25) is 19.6 Å². The molecule has 0 spiro atoms. The average molecular weight is 512 g/mol. The molecule has 0 radical (unpaired) electrons. The molecule has 36 heavy (non-hydrogen) atoms. The Bertz CT molecular complexity index is 1460. The highest BCUT2D eigenvalue weighted by molar-refractivity contribution is 7.91. The summed E-state index contributed by atoms with van der Waals surface area (Å²) in [6, 6.07) is 11.1. The molecule has 1 aromatic heterocycles. The first-order valence-corrected chi connectivity index (χ1v) is 12.7. The number of carbonyl (C=O) groups is 1. The van der Waals surface area contributed by atoms with Gasteiger partial charge in [0.1, 0.15) is 12.4 Å². The van der Waals surface area contributed by atoms with Gasteiger partial charge in [-0.2, -0.15) is 0 Å². The van der Waals surface area contributed by atoms with Crippen molar-refractivity contribution in [2.75, 3.05) is 17.2 Å². The fourth-order valence-corrected chi connectivity index (χ4v) is 5.27. The van der Waals surface area contributed by atoms with Crippen LogP contribution in [0, 0.1) is 11.3 Å². The molecule has 0 aliphatic heterocycles. The molecule has 190 valence electrons. The lowest BCUT2D eigenvalue weighted by Crippen LogP contribution is -2.34. The normalized spacial score (nSPS) is 11.4. The van der Waals surface area contributed by atoms with E-state index in [9.17, 15) is 18.0 Å². The summed E-state index contributed by atoms with van der Waals surface area (Å²) >= 11 is 0.